The number of esters is 1. The van der Waals surface area contributed by atoms with Gasteiger partial charge in [0, 0.05) is 24.2 Å². The summed E-state index contributed by atoms with van der Waals surface area (Å²) in [5, 5.41) is 8.19. The summed E-state index contributed by atoms with van der Waals surface area (Å²) in [4.78, 5) is 25.9. The van der Waals surface area contributed by atoms with E-state index >= 15 is 0 Å². The topological polar surface area (TPSA) is 85.7 Å². The van der Waals surface area contributed by atoms with Crippen LogP contribution < -0.4 is 5.32 Å². The van der Waals surface area contributed by atoms with E-state index in [0.29, 0.717) is 31.7 Å². The molecule has 8 heteroatoms. The number of hydrogen-bond acceptors (Lipinski definition) is 6. The van der Waals surface area contributed by atoms with Crippen molar-refractivity contribution < 1.29 is 19.1 Å². The zero-order valence-corrected chi connectivity index (χ0v) is 18.6. The van der Waals surface area contributed by atoms with Crippen molar-refractivity contribution in [3.8, 4) is 0 Å². The van der Waals surface area contributed by atoms with E-state index in [1.165, 1.54) is 7.11 Å². The quantitative estimate of drug-likeness (QED) is 0.739. The van der Waals surface area contributed by atoms with Gasteiger partial charge in [-0.15, -0.1) is 0 Å². The fourth-order valence-electron chi connectivity index (χ4n) is 3.93. The Morgan fingerprint density at radius 2 is 1.87 bits per heavy atom. The number of nitrogens with one attached hydrogen (secondary N) is 1. The highest BCUT2D eigenvalue weighted by Crippen LogP contribution is 2.45. The minimum atomic E-state index is -0.513. The van der Waals surface area contributed by atoms with Crippen molar-refractivity contribution in [3.63, 3.8) is 0 Å². The lowest BCUT2D eigenvalue weighted by Crippen LogP contribution is -2.42. The van der Waals surface area contributed by atoms with Gasteiger partial charge in [0.15, 0.2) is 0 Å². The Hall–Kier alpha value is -2.87. The first-order chi connectivity index (χ1) is 14.7. The molecule has 8 nitrogen and oxygen atoms in total. The minimum Gasteiger partial charge on any atom is -0.465 e. The second-order valence-electron chi connectivity index (χ2n) is 9.25. The normalized spacial score (nSPS) is 17.1. The van der Waals surface area contributed by atoms with Crippen molar-refractivity contribution in [2.45, 2.75) is 64.4 Å². The molecular formula is C23H30N4O4. The molecule has 0 saturated heterocycles. The van der Waals surface area contributed by atoms with Gasteiger partial charge >= 0.3 is 12.1 Å². The van der Waals surface area contributed by atoms with Crippen molar-refractivity contribution in [1.82, 2.24) is 20.0 Å². The molecular weight excluding hydrogens is 396 g/mol. The molecule has 1 fully saturated rings. The van der Waals surface area contributed by atoms with Gasteiger partial charge in [-0.25, -0.2) is 9.59 Å². The molecule has 1 saturated carbocycles. The van der Waals surface area contributed by atoms with E-state index in [-0.39, 0.29) is 17.6 Å². The number of nitrogens with zero attached hydrogens (tertiary/aromatic N) is 3. The molecule has 0 spiro atoms. The molecule has 2 aromatic rings. The molecule has 0 bridgehead atoms. The van der Waals surface area contributed by atoms with E-state index in [0.717, 1.165) is 29.7 Å². The molecule has 0 unspecified atom stereocenters. The van der Waals surface area contributed by atoms with E-state index in [1.807, 2.05) is 55.9 Å². The number of benzene rings is 1. The van der Waals surface area contributed by atoms with Gasteiger partial charge in [-0.05, 0) is 51.3 Å². The Bertz CT molecular complexity index is 970. The zero-order valence-electron chi connectivity index (χ0n) is 18.6. The van der Waals surface area contributed by atoms with Crippen LogP contribution in [0.4, 0.5) is 4.79 Å². The van der Waals surface area contributed by atoms with Crippen LogP contribution >= 0.6 is 0 Å². The van der Waals surface area contributed by atoms with Gasteiger partial charge in [0.2, 0.25) is 0 Å². The maximum absolute atomic E-state index is 12.5. The molecule has 2 aliphatic rings. The number of fused-ring (bicyclic) bond motifs is 1. The molecule has 1 aliphatic carbocycles. The van der Waals surface area contributed by atoms with Crippen molar-refractivity contribution in [1.29, 1.82) is 0 Å². The van der Waals surface area contributed by atoms with Gasteiger partial charge < -0.3 is 19.7 Å². The van der Waals surface area contributed by atoms with Crippen molar-refractivity contribution >= 4 is 12.1 Å². The van der Waals surface area contributed by atoms with E-state index in [2.05, 4.69) is 10.4 Å². The second-order valence-corrected chi connectivity index (χ2v) is 9.25. The lowest BCUT2D eigenvalue weighted by atomic mass is 10.0. The van der Waals surface area contributed by atoms with Crippen molar-refractivity contribution in [3.05, 3.63) is 52.8 Å². The number of rotatable bonds is 5. The van der Waals surface area contributed by atoms with Crippen LogP contribution in [0.2, 0.25) is 0 Å². The van der Waals surface area contributed by atoms with Crippen LogP contribution in [0.15, 0.2) is 30.5 Å². The summed E-state index contributed by atoms with van der Waals surface area (Å²) in [6.07, 6.45) is 3.68. The lowest BCUT2D eigenvalue weighted by Gasteiger charge is -2.31. The highest BCUT2D eigenvalue weighted by atomic mass is 16.6. The Kier molecular flexibility index (Phi) is 5.51. The van der Waals surface area contributed by atoms with E-state index in [9.17, 15) is 9.59 Å². The van der Waals surface area contributed by atoms with Crippen LogP contribution in [-0.4, -0.2) is 46.0 Å². The average molecular weight is 427 g/mol. The van der Waals surface area contributed by atoms with Gasteiger partial charge in [-0.3, -0.25) is 4.68 Å². The number of methoxy groups -OCH3 is 1. The number of carbonyl (C=O) groups is 2. The number of aromatic nitrogens is 2. The van der Waals surface area contributed by atoms with Gasteiger partial charge in [0.25, 0.3) is 0 Å². The highest BCUT2D eigenvalue weighted by Gasteiger charge is 2.44. The maximum Gasteiger partial charge on any atom is 0.410 e. The van der Waals surface area contributed by atoms with Crippen LogP contribution in [-0.2, 0) is 34.6 Å². The second kappa shape index (κ2) is 8.00. The fraction of sp³-hybridized carbons (Fsp3) is 0.522. The molecule has 4 rings (SSSR count). The number of hydrogen-bond donors (Lipinski definition) is 1. The standard InChI is InChI=1S/C23H30N4O4/c1-22(2,3)31-21(29)26-11-12-27-19(15-26)17(14-25-27)13-24-23(9-10-23)18-7-5-16(6-8-18)20(28)30-4/h5-8,14,24H,9-13,15H2,1-4H3. The van der Waals surface area contributed by atoms with Gasteiger partial charge in [0.1, 0.15) is 5.60 Å². The average Bonchev–Trinajstić information content (AvgIpc) is 3.43. The predicted octanol–water partition coefficient (Wildman–Crippen LogP) is 3.20. The van der Waals surface area contributed by atoms with E-state index in [4.69, 9.17) is 9.47 Å². The summed E-state index contributed by atoms with van der Waals surface area (Å²) in [5.41, 5.74) is 3.25. The number of carbonyl (C=O) groups excluding carboxylic acids is 2. The molecule has 0 radical (unpaired) electrons. The number of amides is 1. The molecule has 2 heterocycles. The van der Waals surface area contributed by atoms with Crippen molar-refractivity contribution in [2.24, 2.45) is 0 Å². The molecule has 1 aliphatic heterocycles. The SMILES string of the molecule is COC(=O)c1ccc(C2(NCc3cnn4c3CN(C(=O)OC(C)(C)C)CC4)CC2)cc1. The third-order valence-corrected chi connectivity index (χ3v) is 5.84. The van der Waals surface area contributed by atoms with Crippen LogP contribution in [0.25, 0.3) is 0 Å². The Labute approximate surface area is 182 Å². The molecule has 1 amide bonds. The van der Waals surface area contributed by atoms with Gasteiger partial charge in [0.05, 0.1) is 37.7 Å². The van der Waals surface area contributed by atoms with Crippen LogP contribution in [0.5, 0.6) is 0 Å². The van der Waals surface area contributed by atoms with Gasteiger partial charge in [-0.2, -0.15) is 5.10 Å². The molecule has 0 atom stereocenters. The minimum absolute atomic E-state index is 0.0804. The number of ether oxygens (including phenoxy) is 2. The van der Waals surface area contributed by atoms with Crippen molar-refractivity contribution in [2.75, 3.05) is 13.7 Å². The zero-order chi connectivity index (χ0) is 22.2. The summed E-state index contributed by atoms with van der Waals surface area (Å²) in [5.74, 6) is -0.328. The Morgan fingerprint density at radius 1 is 1.16 bits per heavy atom. The fourth-order valence-corrected chi connectivity index (χ4v) is 3.93. The predicted molar refractivity (Wildman–Crippen MR) is 114 cm³/mol. The van der Waals surface area contributed by atoms with Gasteiger partial charge in [-0.1, -0.05) is 12.1 Å². The van der Waals surface area contributed by atoms with Crippen LogP contribution in [0.3, 0.4) is 0 Å². The summed E-state index contributed by atoms with van der Waals surface area (Å²) in [7, 11) is 1.39. The van der Waals surface area contributed by atoms with Crippen LogP contribution in [0, 0.1) is 0 Å². The summed E-state index contributed by atoms with van der Waals surface area (Å²) in [6, 6.07) is 7.60. The largest absolute Gasteiger partial charge is 0.465 e. The first kappa shape index (κ1) is 21.4. The summed E-state index contributed by atoms with van der Waals surface area (Å²) >= 11 is 0. The molecule has 166 valence electrons. The Balaban J connectivity index is 1.42. The highest BCUT2D eigenvalue weighted by molar-refractivity contribution is 5.89. The third-order valence-electron chi connectivity index (χ3n) is 5.84. The first-order valence-electron chi connectivity index (χ1n) is 10.7. The first-order valence-corrected chi connectivity index (χ1v) is 10.7. The summed E-state index contributed by atoms with van der Waals surface area (Å²) in [6.45, 7) is 8.04. The lowest BCUT2D eigenvalue weighted by molar-refractivity contribution is 0.0193. The smallest absolute Gasteiger partial charge is 0.410 e. The monoisotopic (exact) mass is 426 g/mol. The molecule has 1 aromatic carbocycles. The Morgan fingerprint density at radius 3 is 2.48 bits per heavy atom. The third kappa shape index (κ3) is 4.58. The molecule has 1 N–H and O–H groups in total. The van der Waals surface area contributed by atoms with Crippen LogP contribution in [0.1, 0.15) is 60.8 Å². The van der Waals surface area contributed by atoms with E-state index < -0.39 is 5.60 Å². The summed E-state index contributed by atoms with van der Waals surface area (Å²) < 4.78 is 12.3. The molecule has 1 aromatic heterocycles. The molecule has 31 heavy (non-hydrogen) atoms. The van der Waals surface area contributed by atoms with E-state index in [1.54, 1.807) is 4.90 Å². The maximum atomic E-state index is 12.5.